The highest BCUT2D eigenvalue weighted by molar-refractivity contribution is 5.97. The number of hydrogen-bond donors (Lipinski definition) is 2. The molecule has 7 nitrogen and oxygen atoms in total. The van der Waals surface area contributed by atoms with Crippen molar-refractivity contribution in [3.8, 4) is 0 Å². The lowest BCUT2D eigenvalue weighted by Crippen LogP contribution is -2.26. The standard InChI is InChI=1S/C14H19N5O2/c1-4-15-11-8-16-13(9(2)3)18-12(11)14(20)17-7-10-5-6-21-19-10/h5-6,8-9,15H,4,7H2,1-3H3,(H,17,20). The second-order valence-corrected chi connectivity index (χ2v) is 4.85. The smallest absolute Gasteiger partial charge is 0.272 e. The van der Waals surface area contributed by atoms with Gasteiger partial charge in [0.15, 0.2) is 5.69 Å². The van der Waals surface area contributed by atoms with Crippen LogP contribution in [0.5, 0.6) is 0 Å². The quantitative estimate of drug-likeness (QED) is 0.844. The van der Waals surface area contributed by atoms with E-state index in [1.165, 1.54) is 6.26 Å². The molecule has 0 fully saturated rings. The minimum atomic E-state index is -0.266. The van der Waals surface area contributed by atoms with Crippen molar-refractivity contribution in [1.82, 2.24) is 20.4 Å². The number of rotatable bonds is 6. The number of anilines is 1. The van der Waals surface area contributed by atoms with Gasteiger partial charge in [-0.15, -0.1) is 0 Å². The zero-order valence-corrected chi connectivity index (χ0v) is 12.4. The Labute approximate surface area is 123 Å². The van der Waals surface area contributed by atoms with Crippen molar-refractivity contribution in [2.75, 3.05) is 11.9 Å². The van der Waals surface area contributed by atoms with Crippen molar-refractivity contribution in [1.29, 1.82) is 0 Å². The van der Waals surface area contributed by atoms with Gasteiger partial charge in [0.05, 0.1) is 18.4 Å². The Kier molecular flexibility index (Phi) is 4.86. The number of hydrogen-bond acceptors (Lipinski definition) is 6. The summed E-state index contributed by atoms with van der Waals surface area (Å²) in [5.74, 6) is 0.532. The van der Waals surface area contributed by atoms with Crippen molar-refractivity contribution in [3.63, 3.8) is 0 Å². The normalized spacial score (nSPS) is 10.7. The molecule has 2 aromatic rings. The van der Waals surface area contributed by atoms with Crippen molar-refractivity contribution in [2.45, 2.75) is 33.2 Å². The molecule has 0 radical (unpaired) electrons. The lowest BCUT2D eigenvalue weighted by atomic mass is 10.2. The van der Waals surface area contributed by atoms with Crippen LogP contribution in [0.4, 0.5) is 5.69 Å². The van der Waals surface area contributed by atoms with Crippen molar-refractivity contribution in [2.24, 2.45) is 0 Å². The van der Waals surface area contributed by atoms with Crippen LogP contribution < -0.4 is 10.6 Å². The summed E-state index contributed by atoms with van der Waals surface area (Å²) in [4.78, 5) is 20.9. The van der Waals surface area contributed by atoms with Crippen LogP contribution >= 0.6 is 0 Å². The van der Waals surface area contributed by atoms with Crippen LogP contribution in [-0.2, 0) is 6.54 Å². The maximum atomic E-state index is 12.3. The molecule has 0 aromatic carbocycles. The molecular weight excluding hydrogens is 270 g/mol. The Morgan fingerprint density at radius 1 is 1.43 bits per heavy atom. The SMILES string of the molecule is CCNc1cnc(C(C)C)nc1C(=O)NCc1ccon1. The Hall–Kier alpha value is -2.44. The summed E-state index contributed by atoms with van der Waals surface area (Å²) in [5.41, 5.74) is 1.63. The third-order valence-corrected chi connectivity index (χ3v) is 2.83. The van der Waals surface area contributed by atoms with Crippen LogP contribution in [0, 0.1) is 0 Å². The van der Waals surface area contributed by atoms with E-state index in [2.05, 4.69) is 25.8 Å². The maximum Gasteiger partial charge on any atom is 0.272 e. The Balaban J connectivity index is 2.18. The van der Waals surface area contributed by atoms with E-state index in [9.17, 15) is 4.79 Å². The molecule has 0 spiro atoms. The Bertz CT molecular complexity index is 595. The number of nitrogens with zero attached hydrogens (tertiary/aromatic N) is 3. The van der Waals surface area contributed by atoms with Crippen molar-refractivity contribution < 1.29 is 9.32 Å². The van der Waals surface area contributed by atoms with Crippen LogP contribution in [-0.4, -0.2) is 27.6 Å². The summed E-state index contributed by atoms with van der Waals surface area (Å²) in [7, 11) is 0. The summed E-state index contributed by atoms with van der Waals surface area (Å²) in [6.07, 6.45) is 3.12. The first-order valence-electron chi connectivity index (χ1n) is 6.90. The van der Waals surface area contributed by atoms with E-state index in [0.717, 1.165) is 0 Å². The molecule has 0 atom stereocenters. The molecule has 0 aliphatic heterocycles. The highest BCUT2D eigenvalue weighted by Crippen LogP contribution is 2.16. The van der Waals surface area contributed by atoms with Gasteiger partial charge in [0.1, 0.15) is 17.8 Å². The van der Waals surface area contributed by atoms with E-state index in [1.807, 2.05) is 20.8 Å². The predicted molar refractivity (Wildman–Crippen MR) is 78.0 cm³/mol. The van der Waals surface area contributed by atoms with E-state index in [1.54, 1.807) is 12.3 Å². The average Bonchev–Trinajstić information content (AvgIpc) is 2.98. The minimum absolute atomic E-state index is 0.155. The summed E-state index contributed by atoms with van der Waals surface area (Å²) in [5, 5.41) is 9.62. The molecule has 1 amide bonds. The lowest BCUT2D eigenvalue weighted by Gasteiger charge is -2.12. The number of amides is 1. The van der Waals surface area contributed by atoms with E-state index in [0.29, 0.717) is 36.0 Å². The van der Waals surface area contributed by atoms with Crippen LogP contribution in [0.2, 0.25) is 0 Å². The zero-order valence-electron chi connectivity index (χ0n) is 12.4. The molecule has 2 aromatic heterocycles. The van der Waals surface area contributed by atoms with Gasteiger partial charge in [0, 0.05) is 18.5 Å². The van der Waals surface area contributed by atoms with Crippen molar-refractivity contribution in [3.05, 3.63) is 35.7 Å². The van der Waals surface area contributed by atoms with Gasteiger partial charge in [-0.3, -0.25) is 4.79 Å². The second-order valence-electron chi connectivity index (χ2n) is 4.85. The molecule has 0 aliphatic carbocycles. The summed E-state index contributed by atoms with van der Waals surface area (Å²) in [6.45, 7) is 6.90. The topological polar surface area (TPSA) is 92.9 Å². The molecule has 7 heteroatoms. The molecule has 2 N–H and O–H groups in total. The van der Waals surface area contributed by atoms with Gasteiger partial charge in [-0.05, 0) is 6.92 Å². The number of nitrogens with one attached hydrogen (secondary N) is 2. The van der Waals surface area contributed by atoms with Crippen molar-refractivity contribution >= 4 is 11.6 Å². The fourth-order valence-corrected chi connectivity index (χ4v) is 1.75. The van der Waals surface area contributed by atoms with E-state index in [4.69, 9.17) is 4.52 Å². The molecule has 0 unspecified atom stereocenters. The van der Waals surface area contributed by atoms with Crippen LogP contribution in [0.15, 0.2) is 23.0 Å². The third-order valence-electron chi connectivity index (χ3n) is 2.83. The number of carbonyl (C=O) groups is 1. The summed E-state index contributed by atoms with van der Waals surface area (Å²) in [6, 6.07) is 1.70. The highest BCUT2D eigenvalue weighted by Gasteiger charge is 2.16. The van der Waals surface area contributed by atoms with E-state index < -0.39 is 0 Å². The maximum absolute atomic E-state index is 12.3. The van der Waals surface area contributed by atoms with Gasteiger partial charge in [-0.25, -0.2) is 9.97 Å². The average molecular weight is 289 g/mol. The van der Waals surface area contributed by atoms with Crippen LogP contribution in [0.3, 0.4) is 0 Å². The molecular formula is C14H19N5O2. The van der Waals surface area contributed by atoms with Gasteiger partial charge >= 0.3 is 0 Å². The fraction of sp³-hybridized carbons (Fsp3) is 0.429. The van der Waals surface area contributed by atoms with E-state index in [-0.39, 0.29) is 11.8 Å². The molecule has 0 saturated heterocycles. The number of aromatic nitrogens is 3. The lowest BCUT2D eigenvalue weighted by molar-refractivity contribution is 0.0945. The highest BCUT2D eigenvalue weighted by atomic mass is 16.5. The first-order chi connectivity index (χ1) is 10.1. The molecule has 21 heavy (non-hydrogen) atoms. The first kappa shape index (κ1) is 15.0. The molecule has 112 valence electrons. The fourth-order valence-electron chi connectivity index (χ4n) is 1.75. The van der Waals surface area contributed by atoms with Gasteiger partial charge in [-0.1, -0.05) is 19.0 Å². The van der Waals surface area contributed by atoms with Crippen LogP contribution in [0.1, 0.15) is 48.7 Å². The predicted octanol–water partition coefficient (Wildman–Crippen LogP) is 1.95. The summed E-state index contributed by atoms with van der Waals surface area (Å²) >= 11 is 0. The van der Waals surface area contributed by atoms with Crippen LogP contribution in [0.25, 0.3) is 0 Å². The first-order valence-corrected chi connectivity index (χ1v) is 6.90. The van der Waals surface area contributed by atoms with Gasteiger partial charge < -0.3 is 15.2 Å². The largest absolute Gasteiger partial charge is 0.382 e. The monoisotopic (exact) mass is 289 g/mol. The molecule has 0 bridgehead atoms. The third kappa shape index (κ3) is 3.77. The van der Waals surface area contributed by atoms with Gasteiger partial charge in [0.2, 0.25) is 0 Å². The second kappa shape index (κ2) is 6.83. The summed E-state index contributed by atoms with van der Waals surface area (Å²) < 4.78 is 4.73. The molecule has 0 saturated carbocycles. The van der Waals surface area contributed by atoms with Gasteiger partial charge in [0.25, 0.3) is 5.91 Å². The van der Waals surface area contributed by atoms with Gasteiger partial charge in [-0.2, -0.15) is 0 Å². The Morgan fingerprint density at radius 3 is 2.86 bits per heavy atom. The molecule has 0 aliphatic rings. The zero-order chi connectivity index (χ0) is 15.2. The van der Waals surface area contributed by atoms with E-state index >= 15 is 0 Å². The molecule has 2 heterocycles. The minimum Gasteiger partial charge on any atom is -0.382 e. The Morgan fingerprint density at radius 2 is 2.24 bits per heavy atom. The molecule has 2 rings (SSSR count). The number of carbonyl (C=O) groups excluding carboxylic acids is 1.